The molecule has 0 bridgehead atoms. The molecular weight excluding hydrogens is 919 g/mol. The third kappa shape index (κ3) is 26.6. The zero-order valence-corrected chi connectivity index (χ0v) is 44.4. The predicted molar refractivity (Wildman–Crippen MR) is 267 cm³/mol. The number of carbonyl (C=O) groups excluding carboxylic acids is 8. The molecule has 0 aromatic rings. The van der Waals surface area contributed by atoms with Crippen LogP contribution in [0.2, 0.25) is 0 Å². The van der Waals surface area contributed by atoms with Crippen molar-refractivity contribution >= 4 is 59.3 Å². The lowest BCUT2D eigenvalue weighted by atomic mass is 9.98. The second kappa shape index (κ2) is 33.4. The maximum Gasteiger partial charge on any atom is 0.328 e. The van der Waals surface area contributed by atoms with Crippen molar-refractivity contribution in [2.24, 2.45) is 29.6 Å². The van der Waals surface area contributed by atoms with Crippen molar-refractivity contribution in [2.75, 3.05) is 0 Å². The minimum absolute atomic E-state index is 0.0400. The average Bonchev–Trinajstić information content (AvgIpc) is 3.24. The maximum atomic E-state index is 14.2. The van der Waals surface area contributed by atoms with E-state index in [4.69, 9.17) is 4.74 Å². The first-order chi connectivity index (χ1) is 33.2. The van der Waals surface area contributed by atoms with Crippen LogP contribution in [0.1, 0.15) is 185 Å². The fourth-order valence-corrected chi connectivity index (χ4v) is 8.27. The number of rotatable bonds is 23. The number of ether oxygens (including phenoxy) is 1. The van der Waals surface area contributed by atoms with Gasteiger partial charge in [-0.2, -0.15) is 0 Å². The van der Waals surface area contributed by atoms with Crippen molar-refractivity contribution in [1.29, 1.82) is 0 Å². The Morgan fingerprint density at radius 3 is 1.31 bits per heavy atom. The summed E-state index contributed by atoms with van der Waals surface area (Å²) >= 11 is 0. The van der Waals surface area contributed by atoms with Gasteiger partial charge in [0, 0.05) is 6.42 Å². The van der Waals surface area contributed by atoms with E-state index in [-0.39, 0.29) is 62.2 Å². The zero-order valence-electron chi connectivity index (χ0n) is 44.4. The quantitative estimate of drug-likeness (QED) is 0.0507. The van der Waals surface area contributed by atoms with Gasteiger partial charge in [0.2, 0.25) is 41.4 Å². The predicted octanol–water partition coefficient (Wildman–Crippen LogP) is 4.41. The molecule has 7 amide bonds. The summed E-state index contributed by atoms with van der Waals surface area (Å²) in [5.41, 5.74) is 0. The smallest absolute Gasteiger partial charge is 0.328 e. The van der Waals surface area contributed by atoms with Crippen LogP contribution in [-0.2, 0) is 52.7 Å². The van der Waals surface area contributed by atoms with Gasteiger partial charge in [-0.3, -0.25) is 43.2 Å². The Morgan fingerprint density at radius 2 is 0.873 bits per heavy atom. The van der Waals surface area contributed by atoms with Gasteiger partial charge < -0.3 is 52.2 Å². The first kappa shape index (κ1) is 63.7. The number of carbonyl (C=O) groups is 10. The molecule has 20 nitrogen and oxygen atoms in total. The van der Waals surface area contributed by atoms with Crippen LogP contribution in [0.5, 0.6) is 0 Å². The van der Waals surface area contributed by atoms with E-state index in [1.54, 1.807) is 55.4 Å². The number of hydrogen-bond donors (Lipinski definition) is 9. The van der Waals surface area contributed by atoms with E-state index in [0.717, 1.165) is 44.9 Å². The van der Waals surface area contributed by atoms with E-state index in [9.17, 15) is 58.2 Å². The Bertz CT molecular complexity index is 1750. The van der Waals surface area contributed by atoms with Gasteiger partial charge in [-0.05, 0) is 74.5 Å². The standard InChI is InChI=1S/C51H89N7O13/c1-12-13-14-15-16-17-18-19-20-34-27-41(59)52-35(21-22-42(60)61)45(64)53-36(23-29(2)3)46(65)55-38(25-31(6)7)49(68)58-44(33(10)11)50(69)56-39(28-43(62)63)48(67)54-37(24-30(4)5)47(66)57-40(26-32(8)9)51(70)71-34/h29-40,44H,12-28H2,1-11H3,(H,52,59)(H,53,64)(H,54,67)(H,55,65)(H,56,69)(H,57,66)(H,58,68)(H,60,61)(H,62,63). The molecule has 1 saturated heterocycles. The van der Waals surface area contributed by atoms with Gasteiger partial charge >= 0.3 is 17.9 Å². The van der Waals surface area contributed by atoms with E-state index in [0.29, 0.717) is 6.42 Å². The Hall–Kier alpha value is -5.30. The largest absolute Gasteiger partial charge is 0.481 e. The lowest BCUT2D eigenvalue weighted by Crippen LogP contribution is -2.61. The first-order valence-corrected chi connectivity index (χ1v) is 26.0. The Balaban J connectivity index is 3.99. The second-order valence-electron chi connectivity index (χ2n) is 21.2. The molecule has 8 unspecified atom stereocenters. The van der Waals surface area contributed by atoms with Crippen LogP contribution in [0.4, 0.5) is 0 Å². The molecule has 0 aromatic heterocycles. The molecule has 0 aliphatic carbocycles. The summed E-state index contributed by atoms with van der Waals surface area (Å²) in [7, 11) is 0. The molecule has 8 atom stereocenters. The first-order valence-electron chi connectivity index (χ1n) is 26.0. The van der Waals surface area contributed by atoms with Gasteiger partial charge in [-0.25, -0.2) is 4.79 Å². The van der Waals surface area contributed by atoms with E-state index in [2.05, 4.69) is 44.1 Å². The van der Waals surface area contributed by atoms with Crippen molar-refractivity contribution in [1.82, 2.24) is 37.2 Å². The third-order valence-corrected chi connectivity index (χ3v) is 12.0. The number of esters is 1. The highest BCUT2D eigenvalue weighted by Crippen LogP contribution is 2.19. The molecule has 20 heteroatoms. The van der Waals surface area contributed by atoms with Crippen molar-refractivity contribution in [3.8, 4) is 0 Å². The van der Waals surface area contributed by atoms with Crippen LogP contribution >= 0.6 is 0 Å². The lowest BCUT2D eigenvalue weighted by molar-refractivity contribution is -0.155. The number of amides is 7. The molecule has 0 radical (unpaired) electrons. The van der Waals surface area contributed by atoms with Crippen LogP contribution < -0.4 is 37.2 Å². The molecule has 1 fully saturated rings. The molecule has 406 valence electrons. The van der Waals surface area contributed by atoms with Crippen molar-refractivity contribution in [2.45, 2.75) is 234 Å². The number of aliphatic carboxylic acids is 2. The average molecular weight is 1010 g/mol. The summed E-state index contributed by atoms with van der Waals surface area (Å²) in [4.78, 5) is 136. The molecule has 0 spiro atoms. The molecule has 1 aliphatic heterocycles. The Labute approximate surface area is 421 Å². The summed E-state index contributed by atoms with van der Waals surface area (Å²) in [6.07, 6.45) is 4.97. The SMILES string of the molecule is CCCCCCCCCCC1CC(=O)NC(CCC(=O)O)C(=O)NC(CC(C)C)C(=O)NC(CC(C)C)C(=O)NC(C(C)C)C(=O)NC(CC(=O)O)C(=O)NC(CC(C)C)C(=O)NC(CC(C)C)C(=O)O1. The maximum absolute atomic E-state index is 14.2. The highest BCUT2D eigenvalue weighted by molar-refractivity contribution is 5.98. The van der Waals surface area contributed by atoms with E-state index >= 15 is 0 Å². The Morgan fingerprint density at radius 1 is 0.479 bits per heavy atom. The topological polar surface area (TPSA) is 305 Å². The molecule has 1 heterocycles. The minimum atomic E-state index is -1.72. The number of hydrogen-bond acceptors (Lipinski definition) is 11. The highest BCUT2D eigenvalue weighted by atomic mass is 16.5. The zero-order chi connectivity index (χ0) is 54.0. The van der Waals surface area contributed by atoms with Crippen LogP contribution in [0, 0.1) is 29.6 Å². The fourth-order valence-electron chi connectivity index (χ4n) is 8.27. The second-order valence-corrected chi connectivity index (χ2v) is 21.2. The normalized spacial score (nSPS) is 24.3. The molecule has 71 heavy (non-hydrogen) atoms. The van der Waals surface area contributed by atoms with E-state index < -0.39 is 133 Å². The fraction of sp³-hybridized carbons (Fsp3) is 0.804. The number of carboxylic acid groups (broad SMARTS) is 2. The van der Waals surface area contributed by atoms with Crippen molar-refractivity contribution in [3.63, 3.8) is 0 Å². The van der Waals surface area contributed by atoms with Gasteiger partial charge in [0.05, 0.1) is 12.8 Å². The van der Waals surface area contributed by atoms with Crippen molar-refractivity contribution in [3.05, 3.63) is 0 Å². The Kier molecular flexibility index (Phi) is 29.9. The molecule has 1 aliphatic rings. The number of carboxylic acids is 2. The molecular formula is C51H89N7O13. The van der Waals surface area contributed by atoms with E-state index in [1.807, 2.05) is 13.8 Å². The van der Waals surface area contributed by atoms with Crippen LogP contribution in [-0.4, -0.2) is 118 Å². The number of nitrogens with one attached hydrogen (secondary N) is 7. The van der Waals surface area contributed by atoms with Crippen molar-refractivity contribution < 1.29 is 62.9 Å². The van der Waals surface area contributed by atoms with Gasteiger partial charge in [-0.15, -0.1) is 0 Å². The number of cyclic esters (lactones) is 1. The third-order valence-electron chi connectivity index (χ3n) is 12.0. The summed E-state index contributed by atoms with van der Waals surface area (Å²) < 4.78 is 6.02. The summed E-state index contributed by atoms with van der Waals surface area (Å²) in [5.74, 6) is -10.8. The lowest BCUT2D eigenvalue weighted by Gasteiger charge is -2.29. The molecule has 0 aromatic carbocycles. The monoisotopic (exact) mass is 1010 g/mol. The van der Waals surface area contributed by atoms with Crippen LogP contribution in [0.15, 0.2) is 0 Å². The summed E-state index contributed by atoms with van der Waals surface area (Å²) in [5, 5.41) is 37.8. The van der Waals surface area contributed by atoms with Gasteiger partial charge in [0.1, 0.15) is 48.4 Å². The number of unbranched alkanes of at least 4 members (excludes halogenated alkanes) is 7. The minimum Gasteiger partial charge on any atom is -0.481 e. The molecule has 0 saturated carbocycles. The highest BCUT2D eigenvalue weighted by Gasteiger charge is 2.37. The molecule has 9 N–H and O–H groups in total. The summed E-state index contributed by atoms with van der Waals surface area (Å²) in [6, 6.07) is -9.63. The summed E-state index contributed by atoms with van der Waals surface area (Å²) in [6.45, 7) is 19.8. The van der Waals surface area contributed by atoms with Gasteiger partial charge in [0.15, 0.2) is 0 Å². The van der Waals surface area contributed by atoms with Crippen LogP contribution in [0.3, 0.4) is 0 Å². The molecule has 1 rings (SSSR count). The van der Waals surface area contributed by atoms with Gasteiger partial charge in [0.25, 0.3) is 0 Å². The van der Waals surface area contributed by atoms with E-state index in [1.165, 1.54) is 0 Å². The van der Waals surface area contributed by atoms with Crippen LogP contribution in [0.25, 0.3) is 0 Å². The van der Waals surface area contributed by atoms with Gasteiger partial charge in [-0.1, -0.05) is 121 Å².